The maximum atomic E-state index is 12.0. The highest BCUT2D eigenvalue weighted by Crippen LogP contribution is 2.18. The summed E-state index contributed by atoms with van der Waals surface area (Å²) in [6, 6.07) is 17.8. The number of esters is 1. The molecule has 0 N–H and O–H groups in total. The number of pyridine rings is 1. The largest absolute Gasteiger partial charge is 0.489 e. The Kier molecular flexibility index (Phi) is 6.98. The second-order valence-corrected chi connectivity index (χ2v) is 6.37. The molecule has 3 rings (SSSR count). The third kappa shape index (κ3) is 5.30. The molecule has 5 nitrogen and oxygen atoms in total. The highest BCUT2D eigenvalue weighted by Gasteiger charge is 2.20. The molecule has 1 heterocycles. The summed E-state index contributed by atoms with van der Waals surface area (Å²) in [5.74, 6) is 0.439. The van der Waals surface area contributed by atoms with Crippen LogP contribution in [0.25, 0.3) is 10.9 Å². The van der Waals surface area contributed by atoms with Crippen molar-refractivity contribution >= 4 is 16.9 Å². The average Bonchev–Trinajstić information content (AvgIpc) is 2.73. The molecule has 146 valence electrons. The quantitative estimate of drug-likeness (QED) is 0.518. The molecule has 0 fully saturated rings. The summed E-state index contributed by atoms with van der Waals surface area (Å²) in [5.41, 5.74) is 2.98. The first-order valence-electron chi connectivity index (χ1n) is 9.53. The van der Waals surface area contributed by atoms with Crippen LogP contribution in [0.5, 0.6) is 5.75 Å². The van der Waals surface area contributed by atoms with Gasteiger partial charge in [0.05, 0.1) is 12.1 Å². The number of hydrogen-bond acceptors (Lipinski definition) is 5. The molecule has 0 amide bonds. The van der Waals surface area contributed by atoms with Crippen molar-refractivity contribution in [3.63, 3.8) is 0 Å². The number of carbonyl (C=O) groups is 1. The smallest absolute Gasteiger partial charge is 0.335 e. The van der Waals surface area contributed by atoms with Gasteiger partial charge in [0.25, 0.3) is 0 Å². The second kappa shape index (κ2) is 9.85. The molecule has 0 radical (unpaired) electrons. The topological polar surface area (TPSA) is 57.7 Å². The fourth-order valence-electron chi connectivity index (χ4n) is 2.94. The number of rotatable bonds is 9. The Morgan fingerprint density at radius 3 is 2.54 bits per heavy atom. The molecule has 1 atom stereocenters. The van der Waals surface area contributed by atoms with Crippen LogP contribution in [0, 0.1) is 0 Å². The average molecular weight is 379 g/mol. The molecule has 0 saturated heterocycles. The first-order chi connectivity index (χ1) is 13.7. The van der Waals surface area contributed by atoms with Gasteiger partial charge in [-0.15, -0.1) is 0 Å². The predicted octanol–water partition coefficient (Wildman–Crippen LogP) is 4.32. The van der Waals surface area contributed by atoms with E-state index >= 15 is 0 Å². The molecular weight excluding hydrogens is 354 g/mol. The molecule has 0 aliphatic heterocycles. The van der Waals surface area contributed by atoms with Crippen LogP contribution in [0.2, 0.25) is 0 Å². The van der Waals surface area contributed by atoms with Gasteiger partial charge in [-0.3, -0.25) is 4.98 Å². The number of aromatic nitrogens is 1. The van der Waals surface area contributed by atoms with Crippen molar-refractivity contribution in [3.05, 3.63) is 71.9 Å². The van der Waals surface area contributed by atoms with Crippen LogP contribution in [0.1, 0.15) is 25.0 Å². The van der Waals surface area contributed by atoms with E-state index in [-0.39, 0.29) is 5.97 Å². The number of carbonyl (C=O) groups excluding carboxylic acids is 1. The number of nitrogens with zero attached hydrogens (tertiary/aromatic N) is 1. The highest BCUT2D eigenvalue weighted by molar-refractivity contribution is 5.78. The fourth-order valence-corrected chi connectivity index (χ4v) is 2.94. The highest BCUT2D eigenvalue weighted by atomic mass is 16.6. The Balaban J connectivity index is 1.59. The lowest BCUT2D eigenvalue weighted by molar-refractivity contribution is -0.156. The number of fused-ring (bicyclic) bond motifs is 1. The molecular formula is C23H25NO4. The van der Waals surface area contributed by atoms with Gasteiger partial charge in [-0.25, -0.2) is 4.79 Å². The minimum absolute atomic E-state index is 0.325. The zero-order chi connectivity index (χ0) is 19.8. The summed E-state index contributed by atoms with van der Waals surface area (Å²) in [6.07, 6.45) is 1.73. The van der Waals surface area contributed by atoms with E-state index in [9.17, 15) is 4.79 Å². The fraction of sp³-hybridized carbons (Fsp3) is 0.304. The van der Waals surface area contributed by atoms with Crippen molar-refractivity contribution in [2.75, 3.05) is 13.2 Å². The van der Waals surface area contributed by atoms with E-state index in [1.165, 1.54) is 0 Å². The van der Waals surface area contributed by atoms with Crippen molar-refractivity contribution < 1.29 is 19.0 Å². The SMILES string of the molecule is CCOC(=O)C(Cc1ccc(OCc2cnc3ccccc3c2)cc1)OCC. The monoisotopic (exact) mass is 379 g/mol. The number of benzene rings is 2. The molecule has 2 aromatic carbocycles. The van der Waals surface area contributed by atoms with Gasteiger partial charge in [0, 0.05) is 30.2 Å². The van der Waals surface area contributed by atoms with Gasteiger partial charge in [-0.2, -0.15) is 0 Å². The van der Waals surface area contributed by atoms with E-state index in [1.54, 1.807) is 6.92 Å². The van der Waals surface area contributed by atoms with Crippen molar-refractivity contribution in [3.8, 4) is 5.75 Å². The zero-order valence-corrected chi connectivity index (χ0v) is 16.3. The van der Waals surface area contributed by atoms with Crippen LogP contribution in [-0.2, 0) is 27.3 Å². The van der Waals surface area contributed by atoms with E-state index in [0.29, 0.717) is 26.2 Å². The Labute approximate surface area is 165 Å². The van der Waals surface area contributed by atoms with Crippen LogP contribution in [-0.4, -0.2) is 30.3 Å². The molecule has 0 aliphatic carbocycles. The van der Waals surface area contributed by atoms with Gasteiger partial charge in [-0.1, -0.05) is 30.3 Å². The number of para-hydroxylation sites is 1. The molecule has 28 heavy (non-hydrogen) atoms. The second-order valence-electron chi connectivity index (χ2n) is 6.37. The normalized spacial score (nSPS) is 11.9. The van der Waals surface area contributed by atoms with Gasteiger partial charge in [-0.05, 0) is 43.7 Å². The van der Waals surface area contributed by atoms with Crippen LogP contribution in [0.4, 0.5) is 0 Å². The van der Waals surface area contributed by atoms with Crippen molar-refractivity contribution in [1.29, 1.82) is 0 Å². The summed E-state index contributed by atoms with van der Waals surface area (Å²) in [6.45, 7) is 4.91. The van der Waals surface area contributed by atoms with Gasteiger partial charge in [0.15, 0.2) is 6.10 Å². The van der Waals surface area contributed by atoms with Crippen LogP contribution < -0.4 is 4.74 Å². The van der Waals surface area contributed by atoms with E-state index in [2.05, 4.69) is 11.1 Å². The van der Waals surface area contributed by atoms with E-state index in [4.69, 9.17) is 14.2 Å². The van der Waals surface area contributed by atoms with Gasteiger partial charge < -0.3 is 14.2 Å². The lowest BCUT2D eigenvalue weighted by atomic mass is 10.1. The molecule has 0 saturated carbocycles. The van der Waals surface area contributed by atoms with Crippen molar-refractivity contribution in [2.45, 2.75) is 33.0 Å². The minimum atomic E-state index is -0.583. The molecule has 3 aromatic rings. The first-order valence-corrected chi connectivity index (χ1v) is 9.53. The molecule has 5 heteroatoms. The molecule has 0 bridgehead atoms. The van der Waals surface area contributed by atoms with Crippen LogP contribution in [0.15, 0.2) is 60.8 Å². The summed E-state index contributed by atoms with van der Waals surface area (Å²) >= 11 is 0. The third-order valence-corrected chi connectivity index (χ3v) is 4.31. The molecule has 1 aromatic heterocycles. The standard InChI is InChI=1S/C23H25NO4/c1-3-26-22(23(25)27-4-2)14-17-9-11-20(12-10-17)28-16-18-13-19-7-5-6-8-21(19)24-15-18/h5-13,15,22H,3-4,14,16H2,1-2H3. The van der Waals surface area contributed by atoms with Gasteiger partial charge in [0.2, 0.25) is 0 Å². The Hall–Kier alpha value is -2.92. The Morgan fingerprint density at radius 1 is 1.00 bits per heavy atom. The van der Waals surface area contributed by atoms with Crippen molar-refractivity contribution in [1.82, 2.24) is 4.98 Å². The molecule has 1 unspecified atom stereocenters. The van der Waals surface area contributed by atoms with E-state index in [1.807, 2.05) is 61.7 Å². The number of hydrogen-bond donors (Lipinski definition) is 0. The van der Waals surface area contributed by atoms with Crippen LogP contribution >= 0.6 is 0 Å². The Morgan fingerprint density at radius 2 is 1.79 bits per heavy atom. The number of ether oxygens (including phenoxy) is 3. The summed E-state index contributed by atoms with van der Waals surface area (Å²) < 4.78 is 16.5. The molecule has 0 spiro atoms. The lowest BCUT2D eigenvalue weighted by Crippen LogP contribution is -2.28. The third-order valence-electron chi connectivity index (χ3n) is 4.31. The Bertz CT molecular complexity index is 908. The summed E-state index contributed by atoms with van der Waals surface area (Å²) in [7, 11) is 0. The van der Waals surface area contributed by atoms with Gasteiger partial charge in [0.1, 0.15) is 12.4 Å². The molecule has 0 aliphatic rings. The summed E-state index contributed by atoms with van der Waals surface area (Å²) in [4.78, 5) is 16.4. The maximum Gasteiger partial charge on any atom is 0.335 e. The maximum absolute atomic E-state index is 12.0. The van der Waals surface area contributed by atoms with E-state index in [0.717, 1.165) is 27.8 Å². The summed E-state index contributed by atoms with van der Waals surface area (Å²) in [5, 5.41) is 1.10. The predicted molar refractivity (Wildman–Crippen MR) is 108 cm³/mol. The zero-order valence-electron chi connectivity index (χ0n) is 16.3. The lowest BCUT2D eigenvalue weighted by Gasteiger charge is -2.15. The van der Waals surface area contributed by atoms with Crippen molar-refractivity contribution in [2.24, 2.45) is 0 Å². The first kappa shape index (κ1) is 19.8. The van der Waals surface area contributed by atoms with Crippen LogP contribution in [0.3, 0.4) is 0 Å². The van der Waals surface area contributed by atoms with Gasteiger partial charge >= 0.3 is 5.97 Å². The minimum Gasteiger partial charge on any atom is -0.489 e. The van der Waals surface area contributed by atoms with E-state index < -0.39 is 6.10 Å².